The summed E-state index contributed by atoms with van der Waals surface area (Å²) in [4.78, 5) is 4.65. The molecule has 0 unspecified atom stereocenters. The van der Waals surface area contributed by atoms with E-state index in [1.165, 1.54) is 0 Å². The molecule has 4 aromatic rings. The molecule has 0 saturated carbocycles. The minimum Gasteiger partial charge on any atom is -0.436 e. The molecule has 1 N–H and O–H groups in total. The summed E-state index contributed by atoms with van der Waals surface area (Å²) in [5.74, 6) is 0.650. The first-order valence-electron chi connectivity index (χ1n) is 7.58. The predicted molar refractivity (Wildman–Crippen MR) is 98.8 cm³/mol. The summed E-state index contributed by atoms with van der Waals surface area (Å²) in [5, 5.41) is 5.57. The van der Waals surface area contributed by atoms with Gasteiger partial charge in [0.1, 0.15) is 5.52 Å². The highest BCUT2D eigenvalue weighted by Gasteiger charge is 2.12. The van der Waals surface area contributed by atoms with Crippen LogP contribution in [-0.2, 0) is 0 Å². The van der Waals surface area contributed by atoms with Crippen molar-refractivity contribution in [3.8, 4) is 11.5 Å². The number of fused-ring (bicyclic) bond motifs is 2. The second-order valence-electron chi connectivity index (χ2n) is 5.37. The normalized spacial score (nSPS) is 11.2. The Bertz CT molecular complexity index is 1010. The van der Waals surface area contributed by atoms with Crippen molar-refractivity contribution < 1.29 is 4.42 Å². The molecular weight excluding hydrogens is 352 g/mol. The fourth-order valence-corrected chi connectivity index (χ4v) is 3.31. The zero-order valence-electron chi connectivity index (χ0n) is 12.6. The summed E-state index contributed by atoms with van der Waals surface area (Å²) in [6.45, 7) is 2.95. The van der Waals surface area contributed by atoms with Gasteiger partial charge < -0.3 is 9.73 Å². The van der Waals surface area contributed by atoms with Gasteiger partial charge in [0.25, 0.3) is 0 Å². The second kappa shape index (κ2) is 5.70. The van der Waals surface area contributed by atoms with Crippen LogP contribution in [-0.4, -0.2) is 11.5 Å². The van der Waals surface area contributed by atoms with Crippen LogP contribution in [0.4, 0.5) is 5.69 Å². The SMILES string of the molecule is CCNc1ccc2nc(-c3cccc4c(Br)cccc34)oc2c1. The lowest BCUT2D eigenvalue weighted by atomic mass is 10.0. The summed E-state index contributed by atoms with van der Waals surface area (Å²) in [7, 11) is 0. The molecular formula is C19H15BrN2O. The number of rotatable bonds is 3. The maximum atomic E-state index is 6.02. The third-order valence-electron chi connectivity index (χ3n) is 3.87. The Morgan fingerprint density at radius 2 is 1.87 bits per heavy atom. The van der Waals surface area contributed by atoms with Crippen LogP contribution in [0.3, 0.4) is 0 Å². The van der Waals surface area contributed by atoms with Crippen LogP contribution < -0.4 is 5.32 Å². The molecule has 0 aliphatic rings. The van der Waals surface area contributed by atoms with E-state index in [2.05, 4.69) is 45.3 Å². The van der Waals surface area contributed by atoms with Crippen LogP contribution >= 0.6 is 15.9 Å². The van der Waals surface area contributed by atoms with Gasteiger partial charge in [-0.2, -0.15) is 0 Å². The zero-order valence-corrected chi connectivity index (χ0v) is 14.2. The first kappa shape index (κ1) is 14.3. The number of halogens is 1. The average Bonchev–Trinajstić information content (AvgIpc) is 2.98. The van der Waals surface area contributed by atoms with Crippen LogP contribution in [0.25, 0.3) is 33.3 Å². The van der Waals surface area contributed by atoms with Crippen molar-refractivity contribution >= 4 is 43.5 Å². The van der Waals surface area contributed by atoms with Crippen LogP contribution in [0.15, 0.2) is 63.5 Å². The maximum absolute atomic E-state index is 6.02. The molecule has 3 nitrogen and oxygen atoms in total. The molecule has 0 spiro atoms. The summed E-state index contributed by atoms with van der Waals surface area (Å²) < 4.78 is 7.09. The van der Waals surface area contributed by atoms with Gasteiger partial charge in [0.05, 0.1) is 0 Å². The van der Waals surface area contributed by atoms with Gasteiger partial charge in [0.15, 0.2) is 5.58 Å². The van der Waals surface area contributed by atoms with E-state index in [4.69, 9.17) is 4.42 Å². The minimum absolute atomic E-state index is 0.650. The Balaban J connectivity index is 1.91. The van der Waals surface area contributed by atoms with E-state index in [9.17, 15) is 0 Å². The second-order valence-corrected chi connectivity index (χ2v) is 6.23. The molecule has 0 aliphatic carbocycles. The molecule has 1 heterocycles. The number of anilines is 1. The molecule has 3 aromatic carbocycles. The third-order valence-corrected chi connectivity index (χ3v) is 4.56. The van der Waals surface area contributed by atoms with Crippen molar-refractivity contribution in [1.82, 2.24) is 4.98 Å². The van der Waals surface area contributed by atoms with Gasteiger partial charge >= 0.3 is 0 Å². The van der Waals surface area contributed by atoms with Gasteiger partial charge in [-0.25, -0.2) is 4.98 Å². The van der Waals surface area contributed by atoms with Crippen LogP contribution in [0.5, 0.6) is 0 Å². The largest absolute Gasteiger partial charge is 0.436 e. The Hall–Kier alpha value is -2.33. The predicted octanol–water partition coefficient (Wildman–Crippen LogP) is 5.84. The first-order chi connectivity index (χ1) is 11.3. The molecule has 0 fully saturated rings. The minimum atomic E-state index is 0.650. The molecule has 0 atom stereocenters. The van der Waals surface area contributed by atoms with Gasteiger partial charge in [0.2, 0.25) is 5.89 Å². The van der Waals surface area contributed by atoms with Gasteiger partial charge in [-0.1, -0.05) is 40.2 Å². The highest BCUT2D eigenvalue weighted by atomic mass is 79.9. The van der Waals surface area contributed by atoms with Crippen molar-refractivity contribution in [2.45, 2.75) is 6.92 Å². The maximum Gasteiger partial charge on any atom is 0.227 e. The van der Waals surface area contributed by atoms with Gasteiger partial charge in [-0.3, -0.25) is 0 Å². The molecule has 4 rings (SSSR count). The van der Waals surface area contributed by atoms with Gasteiger partial charge in [0, 0.05) is 28.3 Å². The van der Waals surface area contributed by atoms with E-state index in [1.54, 1.807) is 0 Å². The lowest BCUT2D eigenvalue weighted by molar-refractivity contribution is 0.621. The summed E-state index contributed by atoms with van der Waals surface area (Å²) in [5.41, 5.74) is 3.72. The highest BCUT2D eigenvalue weighted by Crippen LogP contribution is 2.34. The smallest absolute Gasteiger partial charge is 0.227 e. The average molecular weight is 367 g/mol. The lowest BCUT2D eigenvalue weighted by Gasteiger charge is -2.04. The molecule has 23 heavy (non-hydrogen) atoms. The molecule has 0 radical (unpaired) electrons. The van der Waals surface area contributed by atoms with Crippen molar-refractivity contribution in [2.75, 3.05) is 11.9 Å². The van der Waals surface area contributed by atoms with Crippen molar-refractivity contribution in [3.05, 3.63) is 59.1 Å². The molecule has 4 heteroatoms. The van der Waals surface area contributed by atoms with Crippen LogP contribution in [0, 0.1) is 0 Å². The molecule has 0 saturated heterocycles. The lowest BCUT2D eigenvalue weighted by Crippen LogP contribution is -1.95. The van der Waals surface area contributed by atoms with Crippen LogP contribution in [0.1, 0.15) is 6.92 Å². The Kier molecular flexibility index (Phi) is 3.54. The van der Waals surface area contributed by atoms with E-state index < -0.39 is 0 Å². The molecule has 1 aromatic heterocycles. The Morgan fingerprint density at radius 1 is 1.04 bits per heavy atom. The number of hydrogen-bond donors (Lipinski definition) is 1. The van der Waals surface area contributed by atoms with Crippen molar-refractivity contribution in [2.24, 2.45) is 0 Å². The highest BCUT2D eigenvalue weighted by molar-refractivity contribution is 9.10. The number of nitrogens with zero attached hydrogens (tertiary/aromatic N) is 1. The van der Waals surface area contributed by atoms with E-state index in [-0.39, 0.29) is 0 Å². The molecule has 0 bridgehead atoms. The van der Waals surface area contributed by atoms with Crippen molar-refractivity contribution in [1.29, 1.82) is 0 Å². The summed E-state index contributed by atoms with van der Waals surface area (Å²) in [6, 6.07) is 18.3. The Labute approximate surface area is 142 Å². The van der Waals surface area contributed by atoms with Crippen molar-refractivity contribution in [3.63, 3.8) is 0 Å². The Morgan fingerprint density at radius 3 is 2.74 bits per heavy atom. The van der Waals surface area contributed by atoms with Gasteiger partial charge in [-0.15, -0.1) is 0 Å². The molecule has 0 amide bonds. The molecule has 114 valence electrons. The van der Waals surface area contributed by atoms with E-state index >= 15 is 0 Å². The number of nitrogens with one attached hydrogen (secondary N) is 1. The molecule has 0 aliphatic heterocycles. The quantitative estimate of drug-likeness (QED) is 0.494. The summed E-state index contributed by atoms with van der Waals surface area (Å²) >= 11 is 3.61. The number of oxazole rings is 1. The van der Waals surface area contributed by atoms with Gasteiger partial charge in [-0.05, 0) is 42.0 Å². The number of hydrogen-bond acceptors (Lipinski definition) is 3. The van der Waals surface area contributed by atoms with Crippen LogP contribution in [0.2, 0.25) is 0 Å². The topological polar surface area (TPSA) is 38.1 Å². The first-order valence-corrected chi connectivity index (χ1v) is 8.37. The monoisotopic (exact) mass is 366 g/mol. The summed E-state index contributed by atoms with van der Waals surface area (Å²) in [6.07, 6.45) is 0. The van der Waals surface area contributed by atoms with E-state index in [0.717, 1.165) is 44.1 Å². The zero-order chi connectivity index (χ0) is 15.8. The third kappa shape index (κ3) is 2.49. The number of aromatic nitrogens is 1. The van der Waals surface area contributed by atoms with E-state index in [1.807, 2.05) is 42.5 Å². The van der Waals surface area contributed by atoms with E-state index in [0.29, 0.717) is 5.89 Å². The number of benzene rings is 3. The standard InChI is InChI=1S/C19H15BrN2O/c1-2-21-12-9-10-17-18(11-12)23-19(22-17)15-7-3-6-14-13(15)5-4-8-16(14)20/h3-11,21H,2H2,1H3. The fourth-order valence-electron chi connectivity index (χ4n) is 2.81. The fraction of sp³-hybridized carbons (Fsp3) is 0.105.